The summed E-state index contributed by atoms with van der Waals surface area (Å²) >= 11 is 0. The second-order valence-corrected chi connectivity index (χ2v) is 8.03. The molecule has 4 heteroatoms. The first-order chi connectivity index (χ1) is 11.7. The summed E-state index contributed by atoms with van der Waals surface area (Å²) in [6.45, 7) is 7.41. The van der Waals surface area contributed by atoms with Crippen molar-refractivity contribution >= 4 is 5.91 Å². The fraction of sp³-hybridized carbons (Fsp3) is 0.950. The molecule has 0 aromatic carbocycles. The van der Waals surface area contributed by atoms with E-state index in [-0.39, 0.29) is 5.91 Å². The van der Waals surface area contributed by atoms with Crippen LogP contribution in [0.1, 0.15) is 78.1 Å². The van der Waals surface area contributed by atoms with Gasteiger partial charge in [0.2, 0.25) is 5.91 Å². The number of carbonyl (C=O) groups excluding carboxylic acids is 1. The molecule has 1 aliphatic heterocycles. The highest BCUT2D eigenvalue weighted by atomic mass is 16.5. The molecular formula is C20H38N2O2. The SMILES string of the molecule is CCCCC(C)CC(=O)NC1CCC(NCC2CCOCC2)CC1. The lowest BCUT2D eigenvalue weighted by molar-refractivity contribution is -0.122. The maximum absolute atomic E-state index is 12.2. The van der Waals surface area contributed by atoms with Gasteiger partial charge in [0.05, 0.1) is 0 Å². The standard InChI is InChI=1S/C20H38N2O2/c1-3-4-5-16(2)14-20(23)22-19-8-6-18(7-9-19)21-15-17-10-12-24-13-11-17/h16-19,21H,3-15H2,1-2H3,(H,22,23). The van der Waals surface area contributed by atoms with Crippen molar-refractivity contribution in [3.63, 3.8) is 0 Å². The summed E-state index contributed by atoms with van der Waals surface area (Å²) in [5.41, 5.74) is 0. The Bertz CT molecular complexity index is 348. The van der Waals surface area contributed by atoms with Crippen molar-refractivity contribution in [2.75, 3.05) is 19.8 Å². The molecule has 0 bridgehead atoms. The summed E-state index contributed by atoms with van der Waals surface area (Å²) in [5, 5.41) is 7.02. The molecule has 140 valence electrons. The topological polar surface area (TPSA) is 50.4 Å². The van der Waals surface area contributed by atoms with E-state index in [2.05, 4.69) is 24.5 Å². The van der Waals surface area contributed by atoms with Crippen molar-refractivity contribution in [1.29, 1.82) is 0 Å². The van der Waals surface area contributed by atoms with Gasteiger partial charge in [0.1, 0.15) is 0 Å². The minimum Gasteiger partial charge on any atom is -0.381 e. The van der Waals surface area contributed by atoms with E-state index in [1.54, 1.807) is 0 Å². The van der Waals surface area contributed by atoms with Gasteiger partial charge in [-0.15, -0.1) is 0 Å². The van der Waals surface area contributed by atoms with Crippen molar-refractivity contribution in [3.05, 3.63) is 0 Å². The molecule has 2 aliphatic rings. The summed E-state index contributed by atoms with van der Waals surface area (Å²) in [5.74, 6) is 1.57. The highest BCUT2D eigenvalue weighted by molar-refractivity contribution is 5.76. The molecule has 2 fully saturated rings. The second kappa shape index (κ2) is 11.1. The Labute approximate surface area is 148 Å². The molecule has 0 radical (unpaired) electrons. The van der Waals surface area contributed by atoms with Gasteiger partial charge >= 0.3 is 0 Å². The van der Waals surface area contributed by atoms with Crippen LogP contribution in [0.3, 0.4) is 0 Å². The number of hydrogen-bond acceptors (Lipinski definition) is 3. The number of unbranched alkanes of at least 4 members (excludes halogenated alkanes) is 1. The molecule has 0 aromatic rings. The Morgan fingerprint density at radius 3 is 2.42 bits per heavy atom. The Morgan fingerprint density at radius 2 is 1.75 bits per heavy atom. The Kier molecular flexibility index (Phi) is 9.11. The smallest absolute Gasteiger partial charge is 0.220 e. The monoisotopic (exact) mass is 338 g/mol. The zero-order valence-electron chi connectivity index (χ0n) is 15.8. The van der Waals surface area contributed by atoms with E-state index in [9.17, 15) is 4.79 Å². The van der Waals surface area contributed by atoms with Crippen molar-refractivity contribution in [2.24, 2.45) is 11.8 Å². The lowest BCUT2D eigenvalue weighted by Crippen LogP contribution is -2.43. The largest absolute Gasteiger partial charge is 0.381 e. The summed E-state index contributed by atoms with van der Waals surface area (Å²) in [4.78, 5) is 12.2. The van der Waals surface area contributed by atoms with Gasteiger partial charge in [-0.25, -0.2) is 0 Å². The van der Waals surface area contributed by atoms with E-state index < -0.39 is 0 Å². The number of hydrogen-bond donors (Lipinski definition) is 2. The molecule has 1 aliphatic carbocycles. The van der Waals surface area contributed by atoms with Gasteiger partial charge in [0.25, 0.3) is 0 Å². The van der Waals surface area contributed by atoms with Crippen LogP contribution in [0.2, 0.25) is 0 Å². The van der Waals surface area contributed by atoms with E-state index in [1.165, 1.54) is 44.9 Å². The zero-order valence-corrected chi connectivity index (χ0v) is 15.8. The molecule has 2 rings (SSSR count). The van der Waals surface area contributed by atoms with E-state index in [1.807, 2.05) is 0 Å². The van der Waals surface area contributed by atoms with Crippen LogP contribution < -0.4 is 10.6 Å². The summed E-state index contributed by atoms with van der Waals surface area (Å²) in [6, 6.07) is 1.04. The van der Waals surface area contributed by atoms with Gasteiger partial charge in [0, 0.05) is 31.7 Å². The van der Waals surface area contributed by atoms with Crippen molar-refractivity contribution in [1.82, 2.24) is 10.6 Å². The molecule has 24 heavy (non-hydrogen) atoms. The molecular weight excluding hydrogens is 300 g/mol. The second-order valence-electron chi connectivity index (χ2n) is 8.03. The number of amides is 1. The summed E-state index contributed by atoms with van der Waals surface area (Å²) < 4.78 is 5.42. The van der Waals surface area contributed by atoms with Crippen LogP contribution in [0.25, 0.3) is 0 Å². The van der Waals surface area contributed by atoms with Gasteiger partial charge in [-0.3, -0.25) is 4.79 Å². The number of nitrogens with one attached hydrogen (secondary N) is 2. The lowest BCUT2D eigenvalue weighted by atomic mass is 9.90. The predicted octanol–water partition coefficient (Wildman–Crippen LogP) is 3.65. The van der Waals surface area contributed by atoms with Gasteiger partial charge in [0.15, 0.2) is 0 Å². The van der Waals surface area contributed by atoms with Crippen molar-refractivity contribution in [2.45, 2.75) is 90.1 Å². The third-order valence-corrected chi connectivity index (χ3v) is 5.71. The van der Waals surface area contributed by atoms with E-state index in [4.69, 9.17) is 4.74 Å². The van der Waals surface area contributed by atoms with E-state index in [0.29, 0.717) is 24.4 Å². The lowest BCUT2D eigenvalue weighted by Gasteiger charge is -2.32. The van der Waals surface area contributed by atoms with Crippen LogP contribution in [0, 0.1) is 11.8 Å². The fourth-order valence-corrected chi connectivity index (χ4v) is 3.98. The number of carbonyl (C=O) groups is 1. The number of ether oxygens (including phenoxy) is 1. The molecule has 2 N–H and O–H groups in total. The minimum absolute atomic E-state index is 0.261. The minimum atomic E-state index is 0.261. The van der Waals surface area contributed by atoms with Crippen LogP contribution >= 0.6 is 0 Å². The maximum Gasteiger partial charge on any atom is 0.220 e. The van der Waals surface area contributed by atoms with Crippen LogP contribution in [-0.4, -0.2) is 37.7 Å². The molecule has 1 unspecified atom stereocenters. The molecule has 1 saturated heterocycles. The van der Waals surface area contributed by atoms with Gasteiger partial charge < -0.3 is 15.4 Å². The first-order valence-corrected chi connectivity index (χ1v) is 10.3. The molecule has 0 spiro atoms. The summed E-state index contributed by atoms with van der Waals surface area (Å²) in [7, 11) is 0. The van der Waals surface area contributed by atoms with E-state index in [0.717, 1.165) is 38.5 Å². The Balaban J connectivity index is 1.55. The quantitative estimate of drug-likeness (QED) is 0.675. The molecule has 0 aromatic heterocycles. The first kappa shape index (κ1) is 19.7. The predicted molar refractivity (Wildman–Crippen MR) is 99.0 cm³/mol. The summed E-state index contributed by atoms with van der Waals surface area (Å²) in [6.07, 6.45) is 11.4. The van der Waals surface area contributed by atoms with Crippen LogP contribution in [0.4, 0.5) is 0 Å². The van der Waals surface area contributed by atoms with Crippen LogP contribution in [-0.2, 0) is 9.53 Å². The fourth-order valence-electron chi connectivity index (χ4n) is 3.98. The Hall–Kier alpha value is -0.610. The maximum atomic E-state index is 12.2. The highest BCUT2D eigenvalue weighted by Crippen LogP contribution is 2.21. The van der Waals surface area contributed by atoms with Crippen LogP contribution in [0.5, 0.6) is 0 Å². The van der Waals surface area contributed by atoms with Gasteiger partial charge in [-0.05, 0) is 56.9 Å². The van der Waals surface area contributed by atoms with Gasteiger partial charge in [-0.2, -0.15) is 0 Å². The molecule has 1 amide bonds. The molecule has 1 heterocycles. The third kappa shape index (κ3) is 7.52. The highest BCUT2D eigenvalue weighted by Gasteiger charge is 2.23. The first-order valence-electron chi connectivity index (χ1n) is 10.3. The van der Waals surface area contributed by atoms with Gasteiger partial charge in [-0.1, -0.05) is 33.1 Å². The zero-order chi connectivity index (χ0) is 17.2. The average molecular weight is 339 g/mol. The number of rotatable bonds is 9. The van der Waals surface area contributed by atoms with Crippen LogP contribution in [0.15, 0.2) is 0 Å². The van der Waals surface area contributed by atoms with E-state index >= 15 is 0 Å². The van der Waals surface area contributed by atoms with Crippen molar-refractivity contribution in [3.8, 4) is 0 Å². The molecule has 1 atom stereocenters. The molecule has 1 saturated carbocycles. The molecule has 4 nitrogen and oxygen atoms in total. The third-order valence-electron chi connectivity index (χ3n) is 5.71. The Morgan fingerprint density at radius 1 is 1.08 bits per heavy atom. The average Bonchev–Trinajstić information content (AvgIpc) is 2.60. The normalized spacial score (nSPS) is 26.9. The van der Waals surface area contributed by atoms with Crippen molar-refractivity contribution < 1.29 is 9.53 Å².